The summed E-state index contributed by atoms with van der Waals surface area (Å²) in [5, 5.41) is 5.47. The molecule has 0 fully saturated rings. The SMILES string of the molecule is COc1cccc(/C=C/C(=O)c2ccc(NC(=O)NC(C)C)cc2)c1OC(C)C. The molecule has 0 aliphatic rings. The van der Waals surface area contributed by atoms with Crippen LogP contribution in [0.15, 0.2) is 48.5 Å². The predicted molar refractivity (Wildman–Crippen MR) is 116 cm³/mol. The van der Waals surface area contributed by atoms with Crippen LogP contribution in [-0.4, -0.2) is 31.1 Å². The number of nitrogens with one attached hydrogen (secondary N) is 2. The lowest BCUT2D eigenvalue weighted by molar-refractivity contribution is 0.104. The molecular weight excluding hydrogens is 368 g/mol. The molecule has 0 radical (unpaired) electrons. The molecule has 2 aromatic carbocycles. The van der Waals surface area contributed by atoms with Gasteiger partial charge in [-0.2, -0.15) is 0 Å². The Kier molecular flexibility index (Phi) is 7.83. The van der Waals surface area contributed by atoms with E-state index in [4.69, 9.17) is 9.47 Å². The van der Waals surface area contributed by atoms with E-state index in [1.807, 2.05) is 45.9 Å². The summed E-state index contributed by atoms with van der Waals surface area (Å²) in [5.74, 6) is 1.06. The molecule has 0 aliphatic heterocycles. The van der Waals surface area contributed by atoms with Gasteiger partial charge in [-0.25, -0.2) is 4.79 Å². The van der Waals surface area contributed by atoms with Gasteiger partial charge in [0, 0.05) is 22.9 Å². The van der Waals surface area contributed by atoms with Crippen molar-refractivity contribution >= 4 is 23.6 Å². The molecule has 0 heterocycles. The van der Waals surface area contributed by atoms with Crippen molar-refractivity contribution in [3.05, 3.63) is 59.7 Å². The third-order valence-electron chi connectivity index (χ3n) is 3.84. The Morgan fingerprint density at radius 3 is 2.28 bits per heavy atom. The highest BCUT2D eigenvalue weighted by Gasteiger charge is 2.11. The Bertz CT molecular complexity index is 871. The number of ketones is 1. The molecule has 0 aromatic heterocycles. The maximum absolute atomic E-state index is 12.5. The van der Waals surface area contributed by atoms with E-state index in [1.165, 1.54) is 6.08 Å². The maximum Gasteiger partial charge on any atom is 0.319 e. The molecule has 0 saturated heterocycles. The summed E-state index contributed by atoms with van der Waals surface area (Å²) in [5.41, 5.74) is 1.89. The summed E-state index contributed by atoms with van der Waals surface area (Å²) in [6.07, 6.45) is 3.18. The monoisotopic (exact) mass is 396 g/mol. The number of methoxy groups -OCH3 is 1. The van der Waals surface area contributed by atoms with Gasteiger partial charge in [-0.3, -0.25) is 4.79 Å². The maximum atomic E-state index is 12.5. The zero-order chi connectivity index (χ0) is 21.4. The molecule has 0 atom stereocenters. The Balaban J connectivity index is 2.12. The first-order valence-electron chi connectivity index (χ1n) is 9.53. The fourth-order valence-electron chi connectivity index (χ4n) is 2.60. The van der Waals surface area contributed by atoms with Crippen LogP contribution in [0.4, 0.5) is 10.5 Å². The van der Waals surface area contributed by atoms with E-state index in [2.05, 4.69) is 10.6 Å². The van der Waals surface area contributed by atoms with Crippen LogP contribution in [-0.2, 0) is 0 Å². The first-order valence-corrected chi connectivity index (χ1v) is 9.53. The van der Waals surface area contributed by atoms with Crippen LogP contribution >= 0.6 is 0 Å². The predicted octanol–water partition coefficient (Wildman–Crippen LogP) is 4.91. The van der Waals surface area contributed by atoms with Gasteiger partial charge in [0.1, 0.15) is 0 Å². The highest BCUT2D eigenvalue weighted by molar-refractivity contribution is 6.07. The molecule has 0 aliphatic carbocycles. The van der Waals surface area contributed by atoms with Crippen LogP contribution in [0.5, 0.6) is 11.5 Å². The fourth-order valence-corrected chi connectivity index (χ4v) is 2.60. The number of amides is 2. The molecule has 0 unspecified atom stereocenters. The lowest BCUT2D eigenvalue weighted by atomic mass is 10.1. The zero-order valence-electron chi connectivity index (χ0n) is 17.5. The molecule has 2 aromatic rings. The second-order valence-electron chi connectivity index (χ2n) is 7.07. The van der Waals surface area contributed by atoms with Crippen molar-refractivity contribution in [2.75, 3.05) is 12.4 Å². The molecule has 6 heteroatoms. The summed E-state index contributed by atoms with van der Waals surface area (Å²) in [7, 11) is 1.58. The number of urea groups is 1. The smallest absolute Gasteiger partial charge is 0.319 e. The Labute approximate surface area is 171 Å². The van der Waals surface area contributed by atoms with Crippen molar-refractivity contribution in [1.29, 1.82) is 0 Å². The van der Waals surface area contributed by atoms with Gasteiger partial charge in [0.25, 0.3) is 0 Å². The van der Waals surface area contributed by atoms with E-state index in [1.54, 1.807) is 37.5 Å². The van der Waals surface area contributed by atoms with E-state index in [-0.39, 0.29) is 24.0 Å². The highest BCUT2D eigenvalue weighted by atomic mass is 16.5. The summed E-state index contributed by atoms with van der Waals surface area (Å²) >= 11 is 0. The molecule has 29 heavy (non-hydrogen) atoms. The molecule has 0 saturated carbocycles. The number of rotatable bonds is 8. The third-order valence-corrected chi connectivity index (χ3v) is 3.84. The van der Waals surface area contributed by atoms with Crippen LogP contribution in [0.25, 0.3) is 6.08 Å². The minimum atomic E-state index is -0.283. The average Bonchev–Trinajstić information content (AvgIpc) is 2.66. The second-order valence-corrected chi connectivity index (χ2v) is 7.07. The van der Waals surface area contributed by atoms with Crippen LogP contribution in [0, 0.1) is 0 Å². The highest BCUT2D eigenvalue weighted by Crippen LogP contribution is 2.33. The third kappa shape index (κ3) is 6.68. The molecule has 2 rings (SSSR count). The van der Waals surface area contributed by atoms with E-state index >= 15 is 0 Å². The summed E-state index contributed by atoms with van der Waals surface area (Å²) in [4.78, 5) is 24.3. The fraction of sp³-hybridized carbons (Fsp3) is 0.304. The first-order chi connectivity index (χ1) is 13.8. The number of benzene rings is 2. The average molecular weight is 396 g/mol. The number of allylic oxidation sites excluding steroid dienone is 1. The van der Waals surface area contributed by atoms with E-state index in [0.717, 1.165) is 5.56 Å². The van der Waals surface area contributed by atoms with Gasteiger partial charge in [0.15, 0.2) is 17.3 Å². The molecule has 0 spiro atoms. The Morgan fingerprint density at radius 1 is 1.00 bits per heavy atom. The van der Waals surface area contributed by atoms with Crippen molar-refractivity contribution in [3.63, 3.8) is 0 Å². The number of carbonyl (C=O) groups is 2. The normalized spacial score (nSPS) is 11.0. The number of ether oxygens (including phenoxy) is 2. The van der Waals surface area contributed by atoms with Crippen molar-refractivity contribution < 1.29 is 19.1 Å². The molecular formula is C23H28N2O4. The molecule has 2 amide bonds. The van der Waals surface area contributed by atoms with Crippen molar-refractivity contribution in [2.45, 2.75) is 39.8 Å². The van der Waals surface area contributed by atoms with E-state index < -0.39 is 0 Å². The van der Waals surface area contributed by atoms with Gasteiger partial charge in [-0.15, -0.1) is 0 Å². The van der Waals surface area contributed by atoms with Crippen LogP contribution < -0.4 is 20.1 Å². The molecule has 154 valence electrons. The topological polar surface area (TPSA) is 76.7 Å². The van der Waals surface area contributed by atoms with Gasteiger partial charge in [-0.05, 0) is 70.2 Å². The number of anilines is 1. The number of para-hydroxylation sites is 1. The van der Waals surface area contributed by atoms with Gasteiger partial charge in [0.05, 0.1) is 13.2 Å². The second kappa shape index (κ2) is 10.3. The lowest BCUT2D eigenvalue weighted by Crippen LogP contribution is -2.34. The Hall–Kier alpha value is -3.28. The largest absolute Gasteiger partial charge is 0.493 e. The van der Waals surface area contributed by atoms with Gasteiger partial charge in [-0.1, -0.05) is 12.1 Å². The molecule has 2 N–H and O–H groups in total. The van der Waals surface area contributed by atoms with Crippen molar-refractivity contribution in [2.24, 2.45) is 0 Å². The van der Waals surface area contributed by atoms with Crippen molar-refractivity contribution in [3.8, 4) is 11.5 Å². The van der Waals surface area contributed by atoms with Crippen molar-refractivity contribution in [1.82, 2.24) is 5.32 Å². The number of hydrogen-bond donors (Lipinski definition) is 2. The number of hydrogen-bond acceptors (Lipinski definition) is 4. The molecule has 0 bridgehead atoms. The minimum absolute atomic E-state index is 0.0258. The van der Waals surface area contributed by atoms with Crippen LogP contribution in [0.1, 0.15) is 43.6 Å². The summed E-state index contributed by atoms with van der Waals surface area (Å²) < 4.78 is 11.2. The Morgan fingerprint density at radius 2 is 1.69 bits per heavy atom. The quantitative estimate of drug-likeness (QED) is 0.491. The summed E-state index contributed by atoms with van der Waals surface area (Å²) in [6, 6.07) is 12.0. The zero-order valence-corrected chi connectivity index (χ0v) is 17.5. The van der Waals surface area contributed by atoms with Crippen LogP contribution in [0.2, 0.25) is 0 Å². The van der Waals surface area contributed by atoms with Crippen LogP contribution in [0.3, 0.4) is 0 Å². The van der Waals surface area contributed by atoms with Gasteiger partial charge >= 0.3 is 6.03 Å². The van der Waals surface area contributed by atoms with E-state index in [0.29, 0.717) is 22.7 Å². The lowest BCUT2D eigenvalue weighted by Gasteiger charge is -2.15. The van der Waals surface area contributed by atoms with E-state index in [9.17, 15) is 9.59 Å². The standard InChI is InChI=1S/C23H28N2O4/c1-15(2)24-23(27)25-19-12-9-17(10-13-19)20(26)14-11-18-7-6-8-21(28-5)22(18)29-16(3)4/h6-16H,1-5H3,(H2,24,25,27)/b14-11+. The summed E-state index contributed by atoms with van der Waals surface area (Å²) in [6.45, 7) is 7.63. The molecule has 6 nitrogen and oxygen atoms in total. The number of carbonyl (C=O) groups excluding carboxylic acids is 2. The van der Waals surface area contributed by atoms with Gasteiger partial charge < -0.3 is 20.1 Å². The minimum Gasteiger partial charge on any atom is -0.493 e. The first kappa shape index (κ1) is 22.0. The van der Waals surface area contributed by atoms with Gasteiger partial charge in [0.2, 0.25) is 0 Å².